The number of rotatable bonds is 7. The van der Waals surface area contributed by atoms with E-state index in [1.54, 1.807) is 0 Å². The summed E-state index contributed by atoms with van der Waals surface area (Å²) in [5.41, 5.74) is 1.19. The van der Waals surface area contributed by atoms with Gasteiger partial charge in [0.1, 0.15) is 0 Å². The molecule has 1 nitrogen and oxygen atoms in total. The Morgan fingerprint density at radius 1 is 1.16 bits per heavy atom. The van der Waals surface area contributed by atoms with E-state index in [9.17, 15) is 13.2 Å². The van der Waals surface area contributed by atoms with Gasteiger partial charge in [0.15, 0.2) is 0 Å². The molecule has 2 atom stereocenters. The van der Waals surface area contributed by atoms with Crippen molar-refractivity contribution >= 4 is 0 Å². The van der Waals surface area contributed by atoms with Crippen LogP contribution in [-0.2, 0) is 0 Å². The molecule has 108 valence electrons. The molecule has 2 unspecified atom stereocenters. The molecule has 1 aromatic rings. The summed E-state index contributed by atoms with van der Waals surface area (Å²) in [6.07, 6.45) is -3.08. The first-order chi connectivity index (χ1) is 8.92. The van der Waals surface area contributed by atoms with Gasteiger partial charge >= 0.3 is 6.18 Å². The fourth-order valence-electron chi connectivity index (χ4n) is 2.17. The van der Waals surface area contributed by atoms with Gasteiger partial charge < -0.3 is 5.32 Å². The van der Waals surface area contributed by atoms with Crippen LogP contribution in [0.3, 0.4) is 0 Å². The molecule has 0 aliphatic heterocycles. The van der Waals surface area contributed by atoms with Crippen LogP contribution in [0.25, 0.3) is 0 Å². The van der Waals surface area contributed by atoms with Crippen LogP contribution in [0.15, 0.2) is 30.3 Å². The zero-order valence-electron chi connectivity index (χ0n) is 11.5. The van der Waals surface area contributed by atoms with Crippen molar-refractivity contribution in [3.05, 3.63) is 35.9 Å². The molecule has 0 amide bonds. The SMILES string of the molecule is CCC(NC(C)CCCC(F)(F)F)c1ccccc1. The summed E-state index contributed by atoms with van der Waals surface area (Å²) in [5.74, 6) is 0. The Balaban J connectivity index is 2.39. The van der Waals surface area contributed by atoms with Gasteiger partial charge in [-0.05, 0) is 31.7 Å². The average Bonchev–Trinajstić information content (AvgIpc) is 2.35. The quantitative estimate of drug-likeness (QED) is 0.749. The van der Waals surface area contributed by atoms with Gasteiger partial charge in [0.25, 0.3) is 0 Å². The molecule has 0 fully saturated rings. The zero-order chi connectivity index (χ0) is 14.3. The van der Waals surface area contributed by atoms with E-state index in [0.29, 0.717) is 6.42 Å². The maximum absolute atomic E-state index is 12.1. The van der Waals surface area contributed by atoms with Crippen molar-refractivity contribution in [2.45, 2.75) is 57.8 Å². The number of alkyl halides is 3. The Morgan fingerprint density at radius 2 is 1.79 bits per heavy atom. The van der Waals surface area contributed by atoms with E-state index in [1.807, 2.05) is 37.3 Å². The van der Waals surface area contributed by atoms with Gasteiger partial charge in [-0.3, -0.25) is 0 Å². The molecule has 19 heavy (non-hydrogen) atoms. The minimum Gasteiger partial charge on any atom is -0.307 e. The molecule has 0 aromatic heterocycles. The van der Waals surface area contributed by atoms with E-state index < -0.39 is 12.6 Å². The van der Waals surface area contributed by atoms with Crippen molar-refractivity contribution in [1.29, 1.82) is 0 Å². The highest BCUT2D eigenvalue weighted by atomic mass is 19.4. The van der Waals surface area contributed by atoms with Crippen molar-refractivity contribution in [1.82, 2.24) is 5.32 Å². The van der Waals surface area contributed by atoms with Gasteiger partial charge in [-0.15, -0.1) is 0 Å². The molecule has 0 saturated carbocycles. The van der Waals surface area contributed by atoms with Gasteiger partial charge in [-0.1, -0.05) is 37.3 Å². The highest BCUT2D eigenvalue weighted by molar-refractivity contribution is 5.18. The van der Waals surface area contributed by atoms with Gasteiger partial charge in [0.05, 0.1) is 0 Å². The number of hydrogen-bond acceptors (Lipinski definition) is 1. The van der Waals surface area contributed by atoms with E-state index in [0.717, 1.165) is 6.42 Å². The topological polar surface area (TPSA) is 12.0 Å². The lowest BCUT2D eigenvalue weighted by molar-refractivity contribution is -0.135. The second-order valence-corrected chi connectivity index (χ2v) is 4.95. The lowest BCUT2D eigenvalue weighted by Gasteiger charge is -2.23. The molecule has 0 aliphatic carbocycles. The Bertz CT molecular complexity index is 348. The molecule has 0 bridgehead atoms. The number of hydrogen-bond donors (Lipinski definition) is 1. The van der Waals surface area contributed by atoms with Crippen LogP contribution in [0.5, 0.6) is 0 Å². The highest BCUT2D eigenvalue weighted by Crippen LogP contribution is 2.23. The summed E-state index contributed by atoms with van der Waals surface area (Å²) in [4.78, 5) is 0. The first-order valence-corrected chi connectivity index (χ1v) is 6.80. The van der Waals surface area contributed by atoms with Gasteiger partial charge in [-0.2, -0.15) is 13.2 Å². The van der Waals surface area contributed by atoms with E-state index in [-0.39, 0.29) is 18.5 Å². The molecular formula is C15H22F3N. The zero-order valence-corrected chi connectivity index (χ0v) is 11.5. The third kappa shape index (κ3) is 6.62. The van der Waals surface area contributed by atoms with Crippen LogP contribution in [0.1, 0.15) is 51.1 Å². The predicted octanol–water partition coefficient (Wildman–Crippen LogP) is 4.85. The van der Waals surface area contributed by atoms with Gasteiger partial charge in [-0.25, -0.2) is 0 Å². The van der Waals surface area contributed by atoms with Crippen molar-refractivity contribution in [2.75, 3.05) is 0 Å². The third-order valence-corrected chi connectivity index (χ3v) is 3.19. The highest BCUT2D eigenvalue weighted by Gasteiger charge is 2.26. The van der Waals surface area contributed by atoms with E-state index in [2.05, 4.69) is 12.2 Å². The average molecular weight is 273 g/mol. The number of halogens is 3. The Hall–Kier alpha value is -1.03. The number of benzene rings is 1. The molecule has 1 aromatic carbocycles. The Labute approximate surface area is 113 Å². The minimum atomic E-state index is -4.04. The van der Waals surface area contributed by atoms with E-state index >= 15 is 0 Å². The fourth-order valence-corrected chi connectivity index (χ4v) is 2.17. The molecular weight excluding hydrogens is 251 g/mol. The molecule has 4 heteroatoms. The number of nitrogens with one attached hydrogen (secondary N) is 1. The normalized spacial score (nSPS) is 15.2. The summed E-state index contributed by atoms with van der Waals surface area (Å²) >= 11 is 0. The van der Waals surface area contributed by atoms with Crippen molar-refractivity contribution in [3.63, 3.8) is 0 Å². The van der Waals surface area contributed by atoms with Crippen LogP contribution in [-0.4, -0.2) is 12.2 Å². The first kappa shape index (κ1) is 16.0. The Morgan fingerprint density at radius 3 is 2.32 bits per heavy atom. The molecule has 1 rings (SSSR count). The van der Waals surface area contributed by atoms with Crippen molar-refractivity contribution in [3.8, 4) is 0 Å². The molecule has 0 aliphatic rings. The van der Waals surface area contributed by atoms with Crippen LogP contribution >= 0.6 is 0 Å². The van der Waals surface area contributed by atoms with E-state index in [1.165, 1.54) is 5.56 Å². The molecule has 1 N–H and O–H groups in total. The van der Waals surface area contributed by atoms with Crippen molar-refractivity contribution in [2.24, 2.45) is 0 Å². The second-order valence-electron chi connectivity index (χ2n) is 4.95. The molecule has 0 spiro atoms. The first-order valence-electron chi connectivity index (χ1n) is 6.80. The molecule has 0 heterocycles. The van der Waals surface area contributed by atoms with Crippen LogP contribution in [0.4, 0.5) is 13.2 Å². The monoisotopic (exact) mass is 273 g/mol. The van der Waals surface area contributed by atoms with Gasteiger partial charge in [0, 0.05) is 18.5 Å². The second kappa shape index (κ2) is 7.53. The van der Waals surface area contributed by atoms with Crippen molar-refractivity contribution < 1.29 is 13.2 Å². The summed E-state index contributed by atoms with van der Waals surface area (Å²) in [7, 11) is 0. The van der Waals surface area contributed by atoms with Crippen LogP contribution < -0.4 is 5.32 Å². The Kier molecular flexibility index (Phi) is 6.35. The molecule has 0 radical (unpaired) electrons. The summed E-state index contributed by atoms with van der Waals surface area (Å²) in [6.45, 7) is 4.02. The summed E-state index contributed by atoms with van der Waals surface area (Å²) in [5, 5.41) is 3.40. The summed E-state index contributed by atoms with van der Waals surface area (Å²) < 4.78 is 36.2. The summed E-state index contributed by atoms with van der Waals surface area (Å²) in [6, 6.07) is 10.3. The standard InChI is InChI=1S/C15H22F3N/c1-3-14(13-9-5-4-6-10-13)19-12(2)8-7-11-15(16,17)18/h4-6,9-10,12,14,19H,3,7-8,11H2,1-2H3. The maximum Gasteiger partial charge on any atom is 0.389 e. The van der Waals surface area contributed by atoms with Crippen LogP contribution in [0.2, 0.25) is 0 Å². The maximum atomic E-state index is 12.1. The largest absolute Gasteiger partial charge is 0.389 e. The molecule has 0 saturated heterocycles. The van der Waals surface area contributed by atoms with E-state index in [4.69, 9.17) is 0 Å². The lowest BCUT2D eigenvalue weighted by atomic mass is 10.0. The lowest BCUT2D eigenvalue weighted by Crippen LogP contribution is -2.30. The minimum absolute atomic E-state index is 0.0903. The smallest absolute Gasteiger partial charge is 0.307 e. The third-order valence-electron chi connectivity index (χ3n) is 3.19. The van der Waals surface area contributed by atoms with Gasteiger partial charge in [0.2, 0.25) is 0 Å². The predicted molar refractivity (Wildman–Crippen MR) is 72.0 cm³/mol. The van der Waals surface area contributed by atoms with Crippen LogP contribution in [0, 0.1) is 0 Å². The fraction of sp³-hybridized carbons (Fsp3) is 0.600.